The van der Waals surface area contributed by atoms with Crippen LogP contribution >= 0.6 is 27.3 Å². The van der Waals surface area contributed by atoms with E-state index in [1.165, 1.54) is 16.1 Å². The van der Waals surface area contributed by atoms with E-state index in [9.17, 15) is 0 Å². The fourth-order valence-corrected chi connectivity index (χ4v) is 4.01. The molecule has 0 saturated carbocycles. The normalized spacial score (nSPS) is 20.2. The first-order valence-corrected chi connectivity index (χ1v) is 7.36. The maximum absolute atomic E-state index is 6.38. The van der Waals surface area contributed by atoms with Gasteiger partial charge in [0.25, 0.3) is 0 Å². The lowest BCUT2D eigenvalue weighted by Gasteiger charge is -2.17. The lowest BCUT2D eigenvalue weighted by molar-refractivity contribution is 0.548. The second kappa shape index (κ2) is 4.52. The molecule has 0 radical (unpaired) electrons. The van der Waals surface area contributed by atoms with Gasteiger partial charge in [0.2, 0.25) is 0 Å². The summed E-state index contributed by atoms with van der Waals surface area (Å²) in [6.45, 7) is 0. The predicted octanol–water partition coefficient (Wildman–Crippen LogP) is 3.64. The Balaban J connectivity index is 1.92. The lowest BCUT2D eigenvalue weighted by atomic mass is 9.96. The number of halogens is 1. The molecule has 0 fully saturated rings. The number of hydrogen-bond donors (Lipinski definition) is 1. The molecule has 0 aromatic carbocycles. The minimum absolute atomic E-state index is 0.0717. The quantitative estimate of drug-likeness (QED) is 0.920. The van der Waals surface area contributed by atoms with E-state index in [-0.39, 0.29) is 6.04 Å². The van der Waals surface area contributed by atoms with Gasteiger partial charge in [0.1, 0.15) is 0 Å². The van der Waals surface area contributed by atoms with Gasteiger partial charge in [0.05, 0.1) is 0 Å². The molecule has 0 saturated heterocycles. The first-order chi connectivity index (χ1) is 8.25. The van der Waals surface area contributed by atoms with Crippen molar-refractivity contribution in [1.82, 2.24) is 4.98 Å². The van der Waals surface area contributed by atoms with Crippen LogP contribution in [0.5, 0.6) is 0 Å². The van der Waals surface area contributed by atoms with Crippen LogP contribution < -0.4 is 5.73 Å². The number of aromatic nitrogens is 1. The summed E-state index contributed by atoms with van der Waals surface area (Å²) in [5.74, 6) is 0.372. The Bertz CT molecular complexity index is 538. The smallest absolute Gasteiger partial charge is 0.0485 e. The molecule has 0 spiro atoms. The second-order valence-corrected chi connectivity index (χ2v) is 6.24. The molecule has 2 N–H and O–H groups in total. The summed E-state index contributed by atoms with van der Waals surface area (Å²) in [5, 5.41) is 2.09. The van der Waals surface area contributed by atoms with Crippen LogP contribution in [0, 0.1) is 0 Å². The molecular formula is C13H13BrN2S. The lowest BCUT2D eigenvalue weighted by Crippen LogP contribution is -2.17. The minimum atomic E-state index is 0.0717. The average molecular weight is 309 g/mol. The Kier molecular flexibility index (Phi) is 3.03. The van der Waals surface area contributed by atoms with Crippen molar-refractivity contribution in [3.8, 4) is 0 Å². The molecule has 2 aromatic heterocycles. The second-order valence-electron chi connectivity index (χ2n) is 4.39. The van der Waals surface area contributed by atoms with Crippen LogP contribution in [0.4, 0.5) is 0 Å². The van der Waals surface area contributed by atoms with Gasteiger partial charge in [-0.25, -0.2) is 0 Å². The van der Waals surface area contributed by atoms with Crippen molar-refractivity contribution in [1.29, 1.82) is 0 Å². The van der Waals surface area contributed by atoms with E-state index in [1.54, 1.807) is 11.3 Å². The fraction of sp³-hybridized carbons (Fsp3) is 0.308. The maximum Gasteiger partial charge on any atom is 0.0485 e. The number of thiophene rings is 1. The molecular weight excluding hydrogens is 296 g/mol. The molecule has 2 heterocycles. The van der Waals surface area contributed by atoms with E-state index in [2.05, 4.69) is 38.4 Å². The first kappa shape index (κ1) is 11.4. The summed E-state index contributed by atoms with van der Waals surface area (Å²) in [4.78, 5) is 5.74. The number of aryl methyl sites for hydroxylation is 1. The van der Waals surface area contributed by atoms with Crippen LogP contribution in [-0.2, 0) is 6.42 Å². The molecule has 17 heavy (non-hydrogen) atoms. The monoisotopic (exact) mass is 308 g/mol. The third-order valence-electron chi connectivity index (χ3n) is 3.35. The molecule has 0 amide bonds. The molecule has 4 heteroatoms. The van der Waals surface area contributed by atoms with Gasteiger partial charge in [-0.2, -0.15) is 0 Å². The van der Waals surface area contributed by atoms with Gasteiger partial charge in [-0.15, -0.1) is 11.3 Å². The van der Waals surface area contributed by atoms with E-state index in [1.807, 2.05) is 12.3 Å². The van der Waals surface area contributed by atoms with Gasteiger partial charge in [-0.05, 0) is 46.5 Å². The Morgan fingerprint density at radius 3 is 3.18 bits per heavy atom. The van der Waals surface area contributed by atoms with Crippen LogP contribution in [-0.4, -0.2) is 4.98 Å². The summed E-state index contributed by atoms with van der Waals surface area (Å²) < 4.78 is 1.12. The van der Waals surface area contributed by atoms with Crippen LogP contribution in [0.25, 0.3) is 0 Å². The van der Waals surface area contributed by atoms with Crippen molar-refractivity contribution in [2.45, 2.75) is 24.8 Å². The zero-order valence-corrected chi connectivity index (χ0v) is 11.7. The summed E-state index contributed by atoms with van der Waals surface area (Å²) in [6.07, 6.45) is 4.09. The third-order valence-corrected chi connectivity index (χ3v) is 5.15. The molecule has 0 aliphatic heterocycles. The Hall–Kier alpha value is -0.710. The zero-order valence-electron chi connectivity index (χ0n) is 9.27. The van der Waals surface area contributed by atoms with E-state index in [4.69, 9.17) is 5.73 Å². The molecule has 1 aliphatic carbocycles. The van der Waals surface area contributed by atoms with Gasteiger partial charge in [0.15, 0.2) is 0 Å². The number of hydrogen-bond acceptors (Lipinski definition) is 3. The molecule has 2 aromatic rings. The van der Waals surface area contributed by atoms with E-state index < -0.39 is 0 Å². The van der Waals surface area contributed by atoms with Crippen LogP contribution in [0.15, 0.2) is 34.2 Å². The predicted molar refractivity (Wildman–Crippen MR) is 74.2 cm³/mol. The summed E-state index contributed by atoms with van der Waals surface area (Å²) in [7, 11) is 0. The molecule has 2 atom stereocenters. The molecule has 2 unspecified atom stereocenters. The van der Waals surface area contributed by atoms with Gasteiger partial charge in [-0.3, -0.25) is 4.98 Å². The highest BCUT2D eigenvalue weighted by Gasteiger charge is 2.30. The van der Waals surface area contributed by atoms with Crippen molar-refractivity contribution in [3.63, 3.8) is 0 Å². The number of pyridine rings is 1. The highest BCUT2D eigenvalue weighted by atomic mass is 79.9. The molecule has 0 bridgehead atoms. The standard InChI is InChI=1S/C13H13BrN2S/c14-9-6-11(17-7-9)12(15)10-4-3-8-2-1-5-16-13(8)10/h1-2,5-7,10,12H,3-4,15H2. The number of nitrogens with zero attached hydrogens (tertiary/aromatic N) is 1. The van der Waals surface area contributed by atoms with Crippen LogP contribution in [0.2, 0.25) is 0 Å². The van der Waals surface area contributed by atoms with E-state index in [0.717, 1.165) is 17.3 Å². The van der Waals surface area contributed by atoms with Gasteiger partial charge in [-0.1, -0.05) is 6.07 Å². The number of fused-ring (bicyclic) bond motifs is 1. The van der Waals surface area contributed by atoms with E-state index in [0.29, 0.717) is 5.92 Å². The van der Waals surface area contributed by atoms with Crippen molar-refractivity contribution in [3.05, 3.63) is 50.4 Å². The van der Waals surface area contributed by atoms with E-state index >= 15 is 0 Å². The minimum Gasteiger partial charge on any atom is -0.323 e. The highest BCUT2D eigenvalue weighted by Crippen LogP contribution is 2.41. The topological polar surface area (TPSA) is 38.9 Å². The van der Waals surface area contributed by atoms with Crippen molar-refractivity contribution in [2.24, 2.45) is 5.73 Å². The average Bonchev–Trinajstić information content (AvgIpc) is 2.94. The SMILES string of the molecule is NC(c1cc(Br)cs1)C1CCc2cccnc21. The Morgan fingerprint density at radius 1 is 1.53 bits per heavy atom. The Morgan fingerprint density at radius 2 is 2.41 bits per heavy atom. The molecule has 1 aliphatic rings. The van der Waals surface area contributed by atoms with Crippen LogP contribution in [0.3, 0.4) is 0 Å². The van der Waals surface area contributed by atoms with Crippen molar-refractivity contribution < 1.29 is 0 Å². The van der Waals surface area contributed by atoms with Gasteiger partial charge >= 0.3 is 0 Å². The third kappa shape index (κ3) is 2.05. The van der Waals surface area contributed by atoms with Gasteiger partial charge in [0, 0.05) is 38.6 Å². The zero-order chi connectivity index (χ0) is 11.8. The molecule has 88 valence electrons. The molecule has 2 nitrogen and oxygen atoms in total. The summed E-state index contributed by atoms with van der Waals surface area (Å²) in [5.41, 5.74) is 8.94. The fourth-order valence-electron chi connectivity index (χ4n) is 2.49. The molecule has 3 rings (SSSR count). The number of rotatable bonds is 2. The number of nitrogens with two attached hydrogens (primary N) is 1. The van der Waals surface area contributed by atoms with Gasteiger partial charge < -0.3 is 5.73 Å². The first-order valence-electron chi connectivity index (χ1n) is 5.69. The summed E-state index contributed by atoms with van der Waals surface area (Å²) in [6, 6.07) is 6.37. The Labute approximate surface area is 113 Å². The van der Waals surface area contributed by atoms with Crippen LogP contribution in [0.1, 0.15) is 34.5 Å². The van der Waals surface area contributed by atoms with Crippen molar-refractivity contribution >= 4 is 27.3 Å². The van der Waals surface area contributed by atoms with Crippen molar-refractivity contribution in [2.75, 3.05) is 0 Å². The summed E-state index contributed by atoms with van der Waals surface area (Å²) >= 11 is 5.20. The maximum atomic E-state index is 6.38. The largest absolute Gasteiger partial charge is 0.323 e. The highest BCUT2D eigenvalue weighted by molar-refractivity contribution is 9.10.